The van der Waals surface area contributed by atoms with Crippen molar-refractivity contribution in [3.8, 4) is 0 Å². The molecule has 2 unspecified atom stereocenters. The molecule has 3 heterocycles. The molecule has 3 aliphatic heterocycles. The van der Waals surface area contributed by atoms with Crippen molar-refractivity contribution in [3.63, 3.8) is 0 Å². The quantitative estimate of drug-likeness (QED) is 0.845. The van der Waals surface area contributed by atoms with Crippen molar-refractivity contribution in [1.29, 1.82) is 0 Å². The molecule has 3 saturated heterocycles. The third-order valence-corrected chi connectivity index (χ3v) is 5.42. The van der Waals surface area contributed by atoms with Gasteiger partial charge in [0.2, 0.25) is 0 Å². The highest BCUT2D eigenvalue weighted by molar-refractivity contribution is 5.73. The van der Waals surface area contributed by atoms with Gasteiger partial charge in [0.1, 0.15) is 6.04 Å². The van der Waals surface area contributed by atoms with Crippen LogP contribution in [0, 0.1) is 0 Å². The Morgan fingerprint density at radius 3 is 2.67 bits per heavy atom. The molecule has 0 aromatic carbocycles. The first-order valence-electron chi connectivity index (χ1n) is 8.40. The number of carbonyl (C=O) groups is 1. The van der Waals surface area contributed by atoms with Crippen molar-refractivity contribution in [1.82, 2.24) is 4.90 Å². The maximum atomic E-state index is 11.6. The van der Waals surface area contributed by atoms with Crippen LogP contribution in [0.5, 0.6) is 0 Å². The summed E-state index contributed by atoms with van der Waals surface area (Å²) in [6, 6.07) is 0.0588. The first kappa shape index (κ1) is 15.3. The van der Waals surface area contributed by atoms with Crippen LogP contribution >= 0.6 is 0 Å². The summed E-state index contributed by atoms with van der Waals surface area (Å²) in [7, 11) is 0. The topological polar surface area (TPSA) is 59.0 Å². The van der Waals surface area contributed by atoms with Gasteiger partial charge < -0.3 is 14.6 Å². The fraction of sp³-hybridized carbons (Fsp3) is 0.938. The van der Waals surface area contributed by atoms with Gasteiger partial charge in [-0.25, -0.2) is 0 Å². The van der Waals surface area contributed by atoms with E-state index in [0.29, 0.717) is 6.04 Å². The number of carboxylic acid groups (broad SMARTS) is 1. The lowest BCUT2D eigenvalue weighted by atomic mass is 9.83. The van der Waals surface area contributed by atoms with Crippen LogP contribution in [0.4, 0.5) is 0 Å². The zero-order valence-electron chi connectivity index (χ0n) is 12.8. The lowest BCUT2D eigenvalue weighted by Crippen LogP contribution is -2.55. The van der Waals surface area contributed by atoms with Gasteiger partial charge in [-0.05, 0) is 45.1 Å². The average molecular weight is 297 g/mol. The number of nitrogens with zero attached hydrogens (tertiary/aromatic N) is 1. The number of carboxylic acids is 1. The highest BCUT2D eigenvalue weighted by Crippen LogP contribution is 2.37. The molecule has 0 radical (unpaired) electrons. The van der Waals surface area contributed by atoms with Crippen LogP contribution in [0.1, 0.15) is 51.4 Å². The Balaban J connectivity index is 1.72. The fourth-order valence-corrected chi connectivity index (χ4v) is 4.21. The minimum Gasteiger partial charge on any atom is -0.480 e. The lowest BCUT2D eigenvalue weighted by molar-refractivity contribution is -0.162. The monoisotopic (exact) mass is 297 g/mol. The molecular weight excluding hydrogens is 270 g/mol. The standard InChI is InChI=1S/C16H27NO4/c18-15(19)14-4-2-1-3-8-17(14)13-5-9-21-16(12-13)6-10-20-11-7-16/h13-14H,1-12H2,(H,18,19). The van der Waals surface area contributed by atoms with Gasteiger partial charge in [0.05, 0.1) is 5.60 Å². The molecule has 0 saturated carbocycles. The number of hydrogen-bond donors (Lipinski definition) is 1. The number of rotatable bonds is 2. The van der Waals surface area contributed by atoms with E-state index < -0.39 is 5.97 Å². The van der Waals surface area contributed by atoms with Gasteiger partial charge in [0, 0.05) is 25.9 Å². The molecule has 0 bridgehead atoms. The second-order valence-electron chi connectivity index (χ2n) is 6.73. The van der Waals surface area contributed by atoms with Crippen molar-refractivity contribution in [2.45, 2.75) is 69.1 Å². The Morgan fingerprint density at radius 2 is 1.90 bits per heavy atom. The van der Waals surface area contributed by atoms with Crippen molar-refractivity contribution in [3.05, 3.63) is 0 Å². The van der Waals surface area contributed by atoms with E-state index in [4.69, 9.17) is 9.47 Å². The molecule has 5 nitrogen and oxygen atoms in total. The Kier molecular flexibility index (Phi) is 4.82. The van der Waals surface area contributed by atoms with E-state index in [-0.39, 0.29) is 11.6 Å². The molecule has 0 aromatic rings. The maximum absolute atomic E-state index is 11.6. The molecule has 3 fully saturated rings. The third-order valence-electron chi connectivity index (χ3n) is 5.42. The second-order valence-corrected chi connectivity index (χ2v) is 6.73. The summed E-state index contributed by atoms with van der Waals surface area (Å²) in [6.45, 7) is 3.23. The SMILES string of the molecule is O=C(O)C1CCCCCN1C1CCOC2(CCOCC2)C1. The molecule has 3 aliphatic rings. The molecule has 1 N–H and O–H groups in total. The number of ether oxygens (including phenoxy) is 2. The molecule has 120 valence electrons. The Hall–Kier alpha value is -0.650. The van der Waals surface area contributed by atoms with Crippen LogP contribution < -0.4 is 0 Å². The summed E-state index contributed by atoms with van der Waals surface area (Å²) >= 11 is 0. The molecule has 21 heavy (non-hydrogen) atoms. The first-order valence-corrected chi connectivity index (χ1v) is 8.40. The van der Waals surface area contributed by atoms with E-state index in [1.165, 1.54) is 0 Å². The van der Waals surface area contributed by atoms with Gasteiger partial charge in [-0.2, -0.15) is 0 Å². The smallest absolute Gasteiger partial charge is 0.320 e. The molecule has 1 spiro atoms. The normalized spacial score (nSPS) is 34.5. The second kappa shape index (κ2) is 6.63. The largest absolute Gasteiger partial charge is 0.480 e. The zero-order chi connectivity index (χ0) is 14.7. The number of likely N-dealkylation sites (tertiary alicyclic amines) is 1. The lowest BCUT2D eigenvalue weighted by Gasteiger charge is -2.47. The maximum Gasteiger partial charge on any atom is 0.320 e. The average Bonchev–Trinajstić information content (AvgIpc) is 2.74. The van der Waals surface area contributed by atoms with Crippen molar-refractivity contribution in [2.75, 3.05) is 26.4 Å². The van der Waals surface area contributed by atoms with Gasteiger partial charge >= 0.3 is 5.97 Å². The molecule has 0 amide bonds. The summed E-state index contributed by atoms with van der Waals surface area (Å²) in [4.78, 5) is 13.9. The van der Waals surface area contributed by atoms with Gasteiger partial charge in [-0.15, -0.1) is 0 Å². The van der Waals surface area contributed by atoms with E-state index in [0.717, 1.165) is 77.7 Å². The predicted molar refractivity (Wildman–Crippen MR) is 78.4 cm³/mol. The highest BCUT2D eigenvalue weighted by Gasteiger charge is 2.43. The number of aliphatic carboxylic acids is 1. The van der Waals surface area contributed by atoms with Crippen LogP contribution in [0.3, 0.4) is 0 Å². The Morgan fingerprint density at radius 1 is 1.10 bits per heavy atom. The Bertz CT molecular complexity index is 362. The summed E-state index contributed by atoms with van der Waals surface area (Å²) in [5, 5.41) is 9.57. The number of hydrogen-bond acceptors (Lipinski definition) is 4. The van der Waals surface area contributed by atoms with E-state index in [2.05, 4.69) is 4.90 Å². The minimum absolute atomic E-state index is 0.0590. The van der Waals surface area contributed by atoms with E-state index in [1.54, 1.807) is 0 Å². The third kappa shape index (κ3) is 3.41. The van der Waals surface area contributed by atoms with Gasteiger partial charge in [-0.3, -0.25) is 9.69 Å². The van der Waals surface area contributed by atoms with Gasteiger partial charge in [0.15, 0.2) is 0 Å². The fourth-order valence-electron chi connectivity index (χ4n) is 4.21. The zero-order valence-corrected chi connectivity index (χ0v) is 12.8. The molecule has 0 aliphatic carbocycles. The summed E-state index contributed by atoms with van der Waals surface area (Å²) in [6.07, 6.45) is 7.95. The summed E-state index contributed by atoms with van der Waals surface area (Å²) < 4.78 is 11.6. The van der Waals surface area contributed by atoms with Crippen molar-refractivity contribution in [2.24, 2.45) is 0 Å². The van der Waals surface area contributed by atoms with Gasteiger partial charge in [-0.1, -0.05) is 12.8 Å². The van der Waals surface area contributed by atoms with Crippen LogP contribution in [-0.2, 0) is 14.3 Å². The van der Waals surface area contributed by atoms with E-state index >= 15 is 0 Å². The molecule has 0 aromatic heterocycles. The van der Waals surface area contributed by atoms with Gasteiger partial charge in [0.25, 0.3) is 0 Å². The molecule has 3 rings (SSSR count). The van der Waals surface area contributed by atoms with E-state index in [9.17, 15) is 9.90 Å². The minimum atomic E-state index is -0.649. The van der Waals surface area contributed by atoms with Crippen LogP contribution in [-0.4, -0.2) is 60.0 Å². The molecular formula is C16H27NO4. The van der Waals surface area contributed by atoms with Crippen molar-refractivity contribution >= 4 is 5.97 Å². The van der Waals surface area contributed by atoms with Crippen LogP contribution in [0.25, 0.3) is 0 Å². The summed E-state index contributed by atoms with van der Waals surface area (Å²) in [5.41, 5.74) is -0.0590. The summed E-state index contributed by atoms with van der Waals surface area (Å²) in [5.74, 6) is -0.649. The predicted octanol–water partition coefficient (Wildman–Crippen LogP) is 2.04. The Labute approximate surface area is 126 Å². The van der Waals surface area contributed by atoms with Crippen LogP contribution in [0.2, 0.25) is 0 Å². The highest BCUT2D eigenvalue weighted by atomic mass is 16.5. The van der Waals surface area contributed by atoms with Crippen molar-refractivity contribution < 1.29 is 19.4 Å². The van der Waals surface area contributed by atoms with Crippen LogP contribution in [0.15, 0.2) is 0 Å². The first-order chi connectivity index (χ1) is 10.2. The molecule has 5 heteroatoms. The van der Waals surface area contributed by atoms with E-state index in [1.807, 2.05) is 0 Å². The molecule has 2 atom stereocenters.